The van der Waals surface area contributed by atoms with Gasteiger partial charge < -0.3 is 0 Å². The van der Waals surface area contributed by atoms with E-state index in [0.29, 0.717) is 11.3 Å². The van der Waals surface area contributed by atoms with Crippen molar-refractivity contribution in [1.29, 1.82) is 0 Å². The summed E-state index contributed by atoms with van der Waals surface area (Å²) in [6.07, 6.45) is 1.61. The number of nitrogens with zero attached hydrogens (tertiary/aromatic N) is 2. The molecule has 5 heteroatoms. The fourth-order valence-electron chi connectivity index (χ4n) is 1.48. The molecule has 0 aliphatic carbocycles. The van der Waals surface area contributed by atoms with Crippen LogP contribution in [-0.4, -0.2) is 15.7 Å². The van der Waals surface area contributed by atoms with E-state index in [1.807, 2.05) is 6.92 Å². The van der Waals surface area contributed by atoms with Crippen molar-refractivity contribution in [1.82, 2.24) is 4.98 Å². The van der Waals surface area contributed by atoms with Crippen molar-refractivity contribution in [2.75, 3.05) is 0 Å². The quantitative estimate of drug-likeness (QED) is 0.471. The molecule has 0 unspecified atom stereocenters. The molecular weight excluding hydrogens is 232 g/mol. The number of pyridine rings is 1. The zero-order valence-electron chi connectivity index (χ0n) is 9.66. The summed E-state index contributed by atoms with van der Waals surface area (Å²) in [5.74, 6) is -0.245. The minimum Gasteiger partial charge on any atom is -0.287 e. The molecule has 0 saturated heterocycles. The molecule has 5 nitrogen and oxygen atoms in total. The Hall–Kier alpha value is -2.56. The van der Waals surface area contributed by atoms with Gasteiger partial charge in [0, 0.05) is 23.9 Å². The van der Waals surface area contributed by atoms with Gasteiger partial charge in [-0.3, -0.25) is 19.9 Å². The normalized spacial score (nSPS) is 10.1. The Bertz CT molecular complexity index is 589. The second-order valence-electron chi connectivity index (χ2n) is 3.85. The maximum Gasteiger partial charge on any atom is 0.269 e. The Labute approximate surface area is 103 Å². The van der Waals surface area contributed by atoms with E-state index in [9.17, 15) is 14.9 Å². The molecule has 0 amide bonds. The summed E-state index contributed by atoms with van der Waals surface area (Å²) in [4.78, 5) is 26.0. The number of carbonyl (C=O) groups is 1. The Morgan fingerprint density at radius 1 is 1.17 bits per heavy atom. The van der Waals surface area contributed by atoms with Crippen LogP contribution in [0.3, 0.4) is 0 Å². The molecule has 1 heterocycles. The minimum absolute atomic E-state index is 0.0385. The van der Waals surface area contributed by atoms with Gasteiger partial charge in [-0.2, -0.15) is 0 Å². The fraction of sp³-hybridized carbons (Fsp3) is 0.0769. The molecule has 1 aromatic carbocycles. The highest BCUT2D eigenvalue weighted by Crippen LogP contribution is 2.14. The smallest absolute Gasteiger partial charge is 0.269 e. The molecule has 2 aromatic rings. The number of hydrogen-bond donors (Lipinski definition) is 0. The van der Waals surface area contributed by atoms with Gasteiger partial charge in [-0.25, -0.2) is 0 Å². The molecule has 1 aromatic heterocycles. The Balaban J connectivity index is 2.28. The summed E-state index contributed by atoms with van der Waals surface area (Å²) < 4.78 is 0. The molecule has 18 heavy (non-hydrogen) atoms. The van der Waals surface area contributed by atoms with Crippen LogP contribution in [0.5, 0.6) is 0 Å². The fourth-order valence-corrected chi connectivity index (χ4v) is 1.48. The summed E-state index contributed by atoms with van der Waals surface area (Å²) in [6.45, 7) is 1.88. The molecule has 0 aliphatic heterocycles. The lowest BCUT2D eigenvalue weighted by Crippen LogP contribution is -2.04. The van der Waals surface area contributed by atoms with Crippen LogP contribution in [0.25, 0.3) is 0 Å². The van der Waals surface area contributed by atoms with Crippen LogP contribution in [-0.2, 0) is 0 Å². The van der Waals surface area contributed by atoms with Crippen LogP contribution < -0.4 is 0 Å². The third kappa shape index (κ3) is 2.40. The summed E-state index contributed by atoms with van der Waals surface area (Å²) in [5, 5.41) is 10.5. The number of carbonyl (C=O) groups excluding carboxylic acids is 1. The van der Waals surface area contributed by atoms with Crippen molar-refractivity contribution in [3.63, 3.8) is 0 Å². The van der Waals surface area contributed by atoms with Crippen LogP contribution in [0.4, 0.5) is 5.69 Å². The van der Waals surface area contributed by atoms with Gasteiger partial charge in [0.1, 0.15) is 5.69 Å². The van der Waals surface area contributed by atoms with Gasteiger partial charge in [0.25, 0.3) is 5.69 Å². The van der Waals surface area contributed by atoms with Gasteiger partial charge in [-0.1, -0.05) is 6.07 Å². The van der Waals surface area contributed by atoms with Crippen molar-refractivity contribution in [2.24, 2.45) is 0 Å². The molecule has 90 valence electrons. The van der Waals surface area contributed by atoms with E-state index >= 15 is 0 Å². The van der Waals surface area contributed by atoms with Crippen LogP contribution >= 0.6 is 0 Å². The standard InChI is InChI=1S/C13H10N2O3/c1-9-2-7-12(14-8-9)13(16)10-3-5-11(6-4-10)15(17)18/h2-8H,1H3. The van der Waals surface area contributed by atoms with E-state index in [2.05, 4.69) is 4.98 Å². The van der Waals surface area contributed by atoms with Gasteiger partial charge in [-0.05, 0) is 30.7 Å². The minimum atomic E-state index is -0.502. The molecule has 0 aliphatic rings. The Kier molecular flexibility index (Phi) is 3.14. The molecule has 0 saturated carbocycles. The number of aromatic nitrogens is 1. The lowest BCUT2D eigenvalue weighted by atomic mass is 10.1. The van der Waals surface area contributed by atoms with Crippen LogP contribution in [0.1, 0.15) is 21.6 Å². The summed E-state index contributed by atoms with van der Waals surface area (Å²) in [7, 11) is 0. The van der Waals surface area contributed by atoms with Gasteiger partial charge in [0.15, 0.2) is 0 Å². The van der Waals surface area contributed by atoms with Crippen molar-refractivity contribution >= 4 is 11.5 Å². The number of aryl methyl sites for hydroxylation is 1. The highest BCUT2D eigenvalue weighted by Gasteiger charge is 2.12. The summed E-state index contributed by atoms with van der Waals surface area (Å²) in [6, 6.07) is 8.91. The molecule has 0 bridgehead atoms. The SMILES string of the molecule is Cc1ccc(C(=O)c2ccc([N+](=O)[O-])cc2)nc1. The van der Waals surface area contributed by atoms with Gasteiger partial charge in [0.05, 0.1) is 4.92 Å². The predicted octanol–water partition coefficient (Wildman–Crippen LogP) is 2.53. The van der Waals surface area contributed by atoms with E-state index in [-0.39, 0.29) is 11.5 Å². The first kappa shape index (κ1) is 11.9. The summed E-state index contributed by atoms with van der Waals surface area (Å²) in [5.41, 5.74) is 1.64. The van der Waals surface area contributed by atoms with Crippen molar-refractivity contribution in [2.45, 2.75) is 6.92 Å². The third-order valence-electron chi connectivity index (χ3n) is 2.48. The molecule has 0 spiro atoms. The Morgan fingerprint density at radius 2 is 1.83 bits per heavy atom. The van der Waals surface area contributed by atoms with E-state index in [1.165, 1.54) is 24.3 Å². The number of nitro benzene ring substituents is 1. The first-order valence-electron chi connectivity index (χ1n) is 5.30. The lowest BCUT2D eigenvalue weighted by molar-refractivity contribution is -0.384. The zero-order chi connectivity index (χ0) is 13.1. The highest BCUT2D eigenvalue weighted by atomic mass is 16.6. The van der Waals surface area contributed by atoms with Gasteiger partial charge in [0.2, 0.25) is 5.78 Å². The van der Waals surface area contributed by atoms with E-state index < -0.39 is 4.92 Å². The first-order valence-corrected chi connectivity index (χ1v) is 5.30. The molecule has 0 N–H and O–H groups in total. The van der Waals surface area contributed by atoms with Crippen LogP contribution in [0, 0.1) is 17.0 Å². The van der Waals surface area contributed by atoms with Crippen molar-refractivity contribution < 1.29 is 9.72 Å². The molecule has 0 atom stereocenters. The number of non-ortho nitro benzene ring substituents is 1. The van der Waals surface area contributed by atoms with E-state index in [0.717, 1.165) is 5.56 Å². The highest BCUT2D eigenvalue weighted by molar-refractivity contribution is 6.07. The zero-order valence-corrected chi connectivity index (χ0v) is 9.66. The maximum absolute atomic E-state index is 12.0. The molecular formula is C13H10N2O3. The lowest BCUT2D eigenvalue weighted by Gasteiger charge is -2.00. The molecule has 0 fully saturated rings. The average Bonchev–Trinajstić information content (AvgIpc) is 2.39. The van der Waals surface area contributed by atoms with Crippen LogP contribution in [0.2, 0.25) is 0 Å². The van der Waals surface area contributed by atoms with Crippen molar-refractivity contribution in [3.8, 4) is 0 Å². The van der Waals surface area contributed by atoms with E-state index in [1.54, 1.807) is 18.3 Å². The third-order valence-corrected chi connectivity index (χ3v) is 2.48. The topological polar surface area (TPSA) is 73.1 Å². The Morgan fingerprint density at radius 3 is 2.33 bits per heavy atom. The first-order chi connectivity index (χ1) is 8.58. The molecule has 2 rings (SSSR count). The predicted molar refractivity (Wildman–Crippen MR) is 65.5 cm³/mol. The largest absolute Gasteiger partial charge is 0.287 e. The second kappa shape index (κ2) is 4.75. The van der Waals surface area contributed by atoms with Gasteiger partial charge in [-0.15, -0.1) is 0 Å². The van der Waals surface area contributed by atoms with Crippen molar-refractivity contribution in [3.05, 3.63) is 69.5 Å². The van der Waals surface area contributed by atoms with E-state index in [4.69, 9.17) is 0 Å². The van der Waals surface area contributed by atoms with Crippen LogP contribution in [0.15, 0.2) is 42.6 Å². The van der Waals surface area contributed by atoms with Gasteiger partial charge >= 0.3 is 0 Å². The number of rotatable bonds is 3. The average molecular weight is 242 g/mol. The second-order valence-corrected chi connectivity index (χ2v) is 3.85. The number of ketones is 1. The molecule has 0 radical (unpaired) electrons. The number of hydrogen-bond acceptors (Lipinski definition) is 4. The summed E-state index contributed by atoms with van der Waals surface area (Å²) >= 11 is 0. The monoisotopic (exact) mass is 242 g/mol. The number of benzene rings is 1. The number of nitro groups is 1. The maximum atomic E-state index is 12.0.